The van der Waals surface area contributed by atoms with E-state index in [9.17, 15) is 5.11 Å². The number of hydrogen-bond acceptors (Lipinski definition) is 3. The molecule has 0 saturated heterocycles. The monoisotopic (exact) mass is 289 g/mol. The lowest BCUT2D eigenvalue weighted by atomic mass is 10.3. The molecular formula is C12H8BrN3O. The van der Waals surface area contributed by atoms with Crippen molar-refractivity contribution >= 4 is 27.1 Å². The molecule has 1 N–H and O–H groups in total. The van der Waals surface area contributed by atoms with Crippen LogP contribution in [0.3, 0.4) is 0 Å². The Bertz CT molecular complexity index is 693. The summed E-state index contributed by atoms with van der Waals surface area (Å²) in [6.07, 6.45) is 3.42. The molecule has 2 aromatic heterocycles. The molecule has 5 heteroatoms. The van der Waals surface area contributed by atoms with Gasteiger partial charge in [-0.3, -0.25) is 4.57 Å². The molecular weight excluding hydrogens is 282 g/mol. The normalized spacial score (nSPS) is 10.9. The van der Waals surface area contributed by atoms with Crippen molar-refractivity contribution in [3.05, 3.63) is 47.3 Å². The van der Waals surface area contributed by atoms with Gasteiger partial charge in [0.25, 0.3) is 0 Å². The number of phenolic OH excluding ortho intramolecular Hbond substituents is 1. The third-order valence-corrected chi connectivity index (χ3v) is 2.90. The highest BCUT2D eigenvalue weighted by atomic mass is 79.9. The Morgan fingerprint density at radius 3 is 2.88 bits per heavy atom. The Labute approximate surface area is 106 Å². The van der Waals surface area contributed by atoms with Crippen LogP contribution in [0.15, 0.2) is 47.3 Å². The number of aromatic nitrogens is 3. The van der Waals surface area contributed by atoms with E-state index < -0.39 is 0 Å². The van der Waals surface area contributed by atoms with E-state index in [-0.39, 0.29) is 5.75 Å². The quantitative estimate of drug-likeness (QED) is 0.749. The number of imidazole rings is 1. The van der Waals surface area contributed by atoms with Crippen molar-refractivity contribution in [1.82, 2.24) is 14.5 Å². The van der Waals surface area contributed by atoms with Gasteiger partial charge in [-0.25, -0.2) is 9.97 Å². The molecule has 0 aliphatic heterocycles. The fraction of sp³-hybridized carbons (Fsp3) is 0. The number of nitrogens with zero attached hydrogens (tertiary/aromatic N) is 3. The number of benzene rings is 1. The van der Waals surface area contributed by atoms with E-state index in [1.54, 1.807) is 30.7 Å². The van der Waals surface area contributed by atoms with Crippen LogP contribution in [0, 0.1) is 0 Å². The predicted octanol–water partition coefficient (Wildman–Crippen LogP) is 2.89. The number of phenols is 1. The molecule has 0 spiro atoms. The Hall–Kier alpha value is -1.88. The van der Waals surface area contributed by atoms with E-state index >= 15 is 0 Å². The number of hydrogen-bond donors (Lipinski definition) is 1. The molecule has 0 radical (unpaired) electrons. The van der Waals surface area contributed by atoms with Crippen molar-refractivity contribution in [1.29, 1.82) is 0 Å². The van der Waals surface area contributed by atoms with Gasteiger partial charge in [0.05, 0.1) is 5.69 Å². The molecule has 3 aromatic rings. The van der Waals surface area contributed by atoms with Gasteiger partial charge in [-0.05, 0) is 34.1 Å². The lowest BCUT2D eigenvalue weighted by molar-refractivity contribution is 0.475. The Morgan fingerprint density at radius 2 is 2.06 bits per heavy atom. The van der Waals surface area contributed by atoms with Crippen LogP contribution in [-0.2, 0) is 0 Å². The summed E-state index contributed by atoms with van der Waals surface area (Å²) in [4.78, 5) is 8.59. The van der Waals surface area contributed by atoms with Crippen molar-refractivity contribution in [2.24, 2.45) is 0 Å². The maximum Gasteiger partial charge on any atom is 0.164 e. The average molecular weight is 290 g/mol. The SMILES string of the molecule is Oc1cccc(-n2cnc3cc(Br)cnc32)c1. The highest BCUT2D eigenvalue weighted by molar-refractivity contribution is 9.10. The largest absolute Gasteiger partial charge is 0.508 e. The zero-order valence-electron chi connectivity index (χ0n) is 8.71. The molecule has 0 aliphatic rings. The number of fused-ring (bicyclic) bond motifs is 1. The Balaban J connectivity index is 2.24. The van der Waals surface area contributed by atoms with E-state index in [1.165, 1.54) is 0 Å². The van der Waals surface area contributed by atoms with Crippen molar-refractivity contribution in [3.8, 4) is 11.4 Å². The summed E-state index contributed by atoms with van der Waals surface area (Å²) in [5, 5.41) is 9.47. The molecule has 0 bridgehead atoms. The molecule has 0 saturated carbocycles. The fourth-order valence-corrected chi connectivity index (χ4v) is 2.03. The van der Waals surface area contributed by atoms with Gasteiger partial charge in [-0.2, -0.15) is 0 Å². The lowest BCUT2D eigenvalue weighted by Gasteiger charge is -2.03. The zero-order valence-corrected chi connectivity index (χ0v) is 10.3. The highest BCUT2D eigenvalue weighted by Crippen LogP contribution is 2.21. The number of halogens is 1. The third kappa shape index (κ3) is 1.78. The lowest BCUT2D eigenvalue weighted by Crippen LogP contribution is -1.93. The smallest absolute Gasteiger partial charge is 0.164 e. The van der Waals surface area contributed by atoms with Gasteiger partial charge >= 0.3 is 0 Å². The first-order valence-electron chi connectivity index (χ1n) is 5.02. The highest BCUT2D eigenvalue weighted by Gasteiger charge is 2.06. The number of rotatable bonds is 1. The second-order valence-corrected chi connectivity index (χ2v) is 4.55. The first-order chi connectivity index (χ1) is 8.24. The molecule has 3 rings (SSSR count). The second-order valence-electron chi connectivity index (χ2n) is 3.63. The van der Waals surface area contributed by atoms with Crippen LogP contribution in [0.1, 0.15) is 0 Å². The number of aromatic hydroxyl groups is 1. The van der Waals surface area contributed by atoms with Crippen molar-refractivity contribution < 1.29 is 5.11 Å². The van der Waals surface area contributed by atoms with E-state index in [0.29, 0.717) is 0 Å². The number of pyridine rings is 1. The van der Waals surface area contributed by atoms with Gasteiger partial charge in [0.15, 0.2) is 5.65 Å². The van der Waals surface area contributed by atoms with Crippen LogP contribution >= 0.6 is 15.9 Å². The first-order valence-corrected chi connectivity index (χ1v) is 5.81. The maximum atomic E-state index is 9.47. The summed E-state index contributed by atoms with van der Waals surface area (Å²) >= 11 is 3.36. The minimum atomic E-state index is 0.224. The summed E-state index contributed by atoms with van der Waals surface area (Å²) in [7, 11) is 0. The fourth-order valence-electron chi connectivity index (χ4n) is 1.71. The third-order valence-electron chi connectivity index (χ3n) is 2.46. The van der Waals surface area contributed by atoms with Crippen molar-refractivity contribution in [3.63, 3.8) is 0 Å². The van der Waals surface area contributed by atoms with E-state index in [1.807, 2.05) is 16.7 Å². The molecule has 0 unspecified atom stereocenters. The van der Waals surface area contributed by atoms with E-state index in [2.05, 4.69) is 25.9 Å². The van der Waals surface area contributed by atoms with Crippen molar-refractivity contribution in [2.75, 3.05) is 0 Å². The van der Waals surface area contributed by atoms with Gasteiger partial charge in [0.1, 0.15) is 17.6 Å². The van der Waals surface area contributed by atoms with Gasteiger partial charge in [-0.1, -0.05) is 6.07 Å². The summed E-state index contributed by atoms with van der Waals surface area (Å²) < 4.78 is 2.73. The standard InChI is InChI=1S/C12H8BrN3O/c13-8-4-11-12(14-6-8)16(7-15-11)9-2-1-3-10(17)5-9/h1-7,17H. The van der Waals surface area contributed by atoms with E-state index in [0.717, 1.165) is 21.3 Å². The van der Waals surface area contributed by atoms with Crippen LogP contribution in [0.5, 0.6) is 5.75 Å². The molecule has 84 valence electrons. The van der Waals surface area contributed by atoms with Gasteiger partial charge in [0.2, 0.25) is 0 Å². The second kappa shape index (κ2) is 3.85. The van der Waals surface area contributed by atoms with Gasteiger partial charge in [0, 0.05) is 16.7 Å². The van der Waals surface area contributed by atoms with Crippen LogP contribution in [0.25, 0.3) is 16.9 Å². The molecule has 17 heavy (non-hydrogen) atoms. The molecule has 0 atom stereocenters. The van der Waals surface area contributed by atoms with Gasteiger partial charge in [-0.15, -0.1) is 0 Å². The molecule has 2 heterocycles. The first kappa shape index (κ1) is 10.3. The Kier molecular flexibility index (Phi) is 2.33. The summed E-state index contributed by atoms with van der Waals surface area (Å²) in [5.74, 6) is 0.224. The van der Waals surface area contributed by atoms with Crippen LogP contribution in [-0.4, -0.2) is 19.6 Å². The maximum absolute atomic E-state index is 9.47. The summed E-state index contributed by atoms with van der Waals surface area (Å²) in [6, 6.07) is 8.89. The minimum absolute atomic E-state index is 0.224. The van der Waals surface area contributed by atoms with Gasteiger partial charge < -0.3 is 5.11 Å². The van der Waals surface area contributed by atoms with Crippen LogP contribution < -0.4 is 0 Å². The molecule has 0 fully saturated rings. The minimum Gasteiger partial charge on any atom is -0.508 e. The van der Waals surface area contributed by atoms with Crippen LogP contribution in [0.4, 0.5) is 0 Å². The molecule has 0 aliphatic carbocycles. The molecule has 4 nitrogen and oxygen atoms in total. The topological polar surface area (TPSA) is 50.9 Å². The summed E-state index contributed by atoms with van der Waals surface area (Å²) in [5.41, 5.74) is 2.41. The van der Waals surface area contributed by atoms with E-state index in [4.69, 9.17) is 0 Å². The van der Waals surface area contributed by atoms with Crippen molar-refractivity contribution in [2.45, 2.75) is 0 Å². The average Bonchev–Trinajstić information content (AvgIpc) is 2.71. The molecule has 1 aromatic carbocycles. The summed E-state index contributed by atoms with van der Waals surface area (Å²) in [6.45, 7) is 0. The predicted molar refractivity (Wildman–Crippen MR) is 68.2 cm³/mol. The zero-order chi connectivity index (χ0) is 11.8. The Morgan fingerprint density at radius 1 is 1.18 bits per heavy atom. The van der Waals surface area contributed by atoms with Crippen LogP contribution in [0.2, 0.25) is 0 Å². The molecule has 0 amide bonds.